The second kappa shape index (κ2) is 8.06. The topological polar surface area (TPSA) is 66.5 Å². The number of hydrogen-bond donors (Lipinski definition) is 1. The van der Waals surface area contributed by atoms with Crippen molar-refractivity contribution in [3.63, 3.8) is 0 Å². The van der Waals surface area contributed by atoms with E-state index in [9.17, 15) is 13.2 Å². The summed E-state index contributed by atoms with van der Waals surface area (Å²) in [6.07, 6.45) is 4.63. The van der Waals surface area contributed by atoms with Crippen molar-refractivity contribution in [2.45, 2.75) is 57.4 Å². The second-order valence-electron chi connectivity index (χ2n) is 8.96. The van der Waals surface area contributed by atoms with Gasteiger partial charge in [0.1, 0.15) is 6.54 Å². The first-order valence-corrected chi connectivity index (χ1v) is 12.1. The Hall–Kier alpha value is -2.34. The van der Waals surface area contributed by atoms with Crippen molar-refractivity contribution in [1.29, 1.82) is 0 Å². The Balaban J connectivity index is 1.64. The van der Waals surface area contributed by atoms with E-state index in [1.54, 1.807) is 24.3 Å². The number of carbonyl (C=O) groups is 1. The van der Waals surface area contributed by atoms with Crippen LogP contribution in [-0.2, 0) is 14.8 Å². The van der Waals surface area contributed by atoms with Crippen LogP contribution >= 0.6 is 0 Å². The lowest BCUT2D eigenvalue weighted by molar-refractivity contribution is -0.120. The average Bonchev–Trinajstić information content (AvgIpc) is 3.31. The molecule has 6 heteroatoms. The Morgan fingerprint density at radius 2 is 1.70 bits per heavy atom. The van der Waals surface area contributed by atoms with Crippen molar-refractivity contribution in [3.05, 3.63) is 59.2 Å². The maximum absolute atomic E-state index is 13.6. The normalized spacial score (nSPS) is 22.8. The van der Waals surface area contributed by atoms with Gasteiger partial charge in [-0.05, 0) is 81.2 Å². The van der Waals surface area contributed by atoms with Gasteiger partial charge in [-0.3, -0.25) is 9.10 Å². The van der Waals surface area contributed by atoms with Gasteiger partial charge in [0.2, 0.25) is 5.91 Å². The van der Waals surface area contributed by atoms with Crippen LogP contribution in [0.5, 0.6) is 0 Å². The van der Waals surface area contributed by atoms with E-state index in [0.29, 0.717) is 17.5 Å². The summed E-state index contributed by atoms with van der Waals surface area (Å²) in [5.41, 5.74) is 3.32. The van der Waals surface area contributed by atoms with E-state index < -0.39 is 10.0 Å². The van der Waals surface area contributed by atoms with Crippen LogP contribution in [0.15, 0.2) is 47.4 Å². The molecule has 1 N–H and O–H groups in total. The maximum atomic E-state index is 13.6. The van der Waals surface area contributed by atoms with E-state index in [4.69, 9.17) is 0 Å². The largest absolute Gasteiger partial charge is 0.352 e. The van der Waals surface area contributed by atoms with Crippen LogP contribution in [0.25, 0.3) is 0 Å². The molecular weight excluding hydrogens is 396 g/mol. The minimum absolute atomic E-state index is 0.179. The van der Waals surface area contributed by atoms with Crippen molar-refractivity contribution >= 4 is 21.6 Å². The summed E-state index contributed by atoms with van der Waals surface area (Å²) < 4.78 is 28.4. The lowest BCUT2D eigenvalue weighted by Crippen LogP contribution is -2.46. The molecule has 2 aliphatic rings. The molecule has 5 nitrogen and oxygen atoms in total. The van der Waals surface area contributed by atoms with Crippen LogP contribution < -0.4 is 9.62 Å². The zero-order valence-electron chi connectivity index (χ0n) is 17.9. The van der Waals surface area contributed by atoms with Crippen LogP contribution in [0, 0.1) is 32.6 Å². The molecule has 2 bridgehead atoms. The third kappa shape index (κ3) is 4.10. The molecule has 4 rings (SSSR count). The third-order valence-electron chi connectivity index (χ3n) is 6.61. The number of aryl methyl sites for hydroxylation is 3. The molecule has 30 heavy (non-hydrogen) atoms. The highest BCUT2D eigenvalue weighted by Gasteiger charge is 2.40. The maximum Gasteiger partial charge on any atom is 0.264 e. The van der Waals surface area contributed by atoms with Gasteiger partial charge in [0.25, 0.3) is 10.0 Å². The Kier molecular flexibility index (Phi) is 5.62. The van der Waals surface area contributed by atoms with Crippen molar-refractivity contribution in [2.75, 3.05) is 10.8 Å². The molecule has 2 fully saturated rings. The zero-order chi connectivity index (χ0) is 21.5. The first kappa shape index (κ1) is 20.9. The van der Waals surface area contributed by atoms with Crippen molar-refractivity contribution < 1.29 is 13.2 Å². The molecular formula is C24H30N2O3S. The molecule has 3 unspecified atom stereocenters. The third-order valence-corrected chi connectivity index (χ3v) is 8.39. The van der Waals surface area contributed by atoms with Gasteiger partial charge in [0, 0.05) is 6.04 Å². The van der Waals surface area contributed by atoms with Crippen LogP contribution in [0.4, 0.5) is 5.69 Å². The molecule has 0 spiro atoms. The fourth-order valence-electron chi connectivity index (χ4n) is 4.93. The summed E-state index contributed by atoms with van der Waals surface area (Å²) in [6.45, 7) is 5.51. The van der Waals surface area contributed by atoms with Crippen molar-refractivity contribution in [2.24, 2.45) is 11.8 Å². The Bertz CT molecular complexity index is 1050. The van der Waals surface area contributed by atoms with E-state index in [0.717, 1.165) is 29.5 Å². The van der Waals surface area contributed by atoms with Gasteiger partial charge < -0.3 is 5.32 Å². The molecule has 3 atom stereocenters. The molecule has 1 amide bonds. The zero-order valence-corrected chi connectivity index (χ0v) is 18.7. The van der Waals surface area contributed by atoms with Gasteiger partial charge in [-0.2, -0.15) is 0 Å². The molecule has 0 radical (unpaired) electrons. The lowest BCUT2D eigenvalue weighted by Gasteiger charge is -2.28. The number of nitrogens with zero attached hydrogens (tertiary/aromatic N) is 1. The highest BCUT2D eigenvalue weighted by atomic mass is 32.2. The van der Waals surface area contributed by atoms with Crippen LogP contribution in [0.1, 0.15) is 42.4 Å². The summed E-state index contributed by atoms with van der Waals surface area (Å²) in [5.74, 6) is 1.03. The van der Waals surface area contributed by atoms with Gasteiger partial charge in [0.15, 0.2) is 0 Å². The second-order valence-corrected chi connectivity index (χ2v) is 10.8. The van der Waals surface area contributed by atoms with E-state index in [1.807, 2.05) is 39.0 Å². The predicted octanol–water partition coefficient (Wildman–Crippen LogP) is 4.11. The molecule has 0 aliphatic heterocycles. The Morgan fingerprint density at radius 1 is 1.00 bits per heavy atom. The van der Waals surface area contributed by atoms with Crippen molar-refractivity contribution in [1.82, 2.24) is 5.32 Å². The highest BCUT2D eigenvalue weighted by molar-refractivity contribution is 7.92. The monoisotopic (exact) mass is 426 g/mol. The van der Waals surface area contributed by atoms with Gasteiger partial charge in [-0.1, -0.05) is 36.2 Å². The average molecular weight is 427 g/mol. The summed E-state index contributed by atoms with van der Waals surface area (Å²) in [5, 5.41) is 3.13. The standard InChI is InChI=1S/C24H30N2O3S/c1-16-5-10-21(11-6-16)30(28,29)26(23-12-17(2)4-7-18(23)3)15-24(27)25-22-14-19-8-9-20(22)13-19/h4-7,10-12,19-20,22H,8-9,13-15H2,1-3H3,(H,25,27). The predicted molar refractivity (Wildman–Crippen MR) is 119 cm³/mol. The van der Waals surface area contributed by atoms with E-state index in [1.165, 1.54) is 17.1 Å². The van der Waals surface area contributed by atoms with E-state index in [-0.39, 0.29) is 23.4 Å². The fraction of sp³-hybridized carbons (Fsp3) is 0.458. The molecule has 2 aromatic carbocycles. The number of fused-ring (bicyclic) bond motifs is 2. The van der Waals surface area contributed by atoms with Crippen LogP contribution in [-0.4, -0.2) is 26.9 Å². The quantitative estimate of drug-likeness (QED) is 0.756. The molecule has 2 aromatic rings. The molecule has 0 saturated heterocycles. The molecule has 2 aliphatic carbocycles. The summed E-state index contributed by atoms with van der Waals surface area (Å²) in [7, 11) is -3.88. The molecule has 160 valence electrons. The van der Waals surface area contributed by atoms with Gasteiger partial charge >= 0.3 is 0 Å². The van der Waals surface area contributed by atoms with Crippen LogP contribution in [0.2, 0.25) is 0 Å². The highest BCUT2D eigenvalue weighted by Crippen LogP contribution is 2.44. The Labute approximate surface area is 179 Å². The van der Waals surface area contributed by atoms with Gasteiger partial charge in [-0.25, -0.2) is 8.42 Å². The summed E-state index contributed by atoms with van der Waals surface area (Å²) >= 11 is 0. The number of rotatable bonds is 6. The number of hydrogen-bond acceptors (Lipinski definition) is 3. The minimum Gasteiger partial charge on any atom is -0.352 e. The van der Waals surface area contributed by atoms with Crippen molar-refractivity contribution in [3.8, 4) is 0 Å². The number of nitrogens with one attached hydrogen (secondary N) is 1. The lowest BCUT2D eigenvalue weighted by atomic mass is 9.95. The number of amides is 1. The minimum atomic E-state index is -3.88. The number of anilines is 1. The van der Waals surface area contributed by atoms with Gasteiger partial charge in [-0.15, -0.1) is 0 Å². The first-order chi connectivity index (χ1) is 14.2. The van der Waals surface area contributed by atoms with E-state index in [2.05, 4.69) is 5.32 Å². The van der Waals surface area contributed by atoms with Crippen LogP contribution in [0.3, 0.4) is 0 Å². The SMILES string of the molecule is Cc1ccc(S(=O)(=O)N(CC(=O)NC2CC3CCC2C3)c2cc(C)ccc2C)cc1. The number of sulfonamides is 1. The number of benzene rings is 2. The van der Waals surface area contributed by atoms with Gasteiger partial charge in [0.05, 0.1) is 10.6 Å². The molecule has 0 heterocycles. The smallest absolute Gasteiger partial charge is 0.264 e. The number of carbonyl (C=O) groups excluding carboxylic acids is 1. The molecule has 0 aromatic heterocycles. The molecule has 2 saturated carbocycles. The van der Waals surface area contributed by atoms with E-state index >= 15 is 0 Å². The summed E-state index contributed by atoms with van der Waals surface area (Å²) in [4.78, 5) is 13.2. The summed E-state index contributed by atoms with van der Waals surface area (Å²) in [6, 6.07) is 12.6. The fourth-order valence-corrected chi connectivity index (χ4v) is 6.41. The first-order valence-electron chi connectivity index (χ1n) is 10.7. The Morgan fingerprint density at radius 3 is 2.33 bits per heavy atom.